The van der Waals surface area contributed by atoms with Gasteiger partial charge in [0.1, 0.15) is 6.54 Å². The average Bonchev–Trinajstić information content (AvgIpc) is 3.17. The number of aromatic nitrogens is 3. The Bertz CT molecular complexity index is 485. The molecule has 2 rings (SSSR count). The van der Waals surface area contributed by atoms with E-state index in [1.165, 1.54) is 24.6 Å². The number of hydrogen-bond donors (Lipinski definition) is 3. The second kappa shape index (κ2) is 7.70. The van der Waals surface area contributed by atoms with Crippen molar-refractivity contribution in [1.82, 2.24) is 30.9 Å². The van der Waals surface area contributed by atoms with Crippen LogP contribution >= 0.6 is 0 Å². The molecule has 1 aromatic heterocycles. The van der Waals surface area contributed by atoms with Crippen LogP contribution in [0.3, 0.4) is 0 Å². The maximum Gasteiger partial charge on any atom is 0.321 e. The lowest BCUT2D eigenvalue weighted by Gasteiger charge is -2.05. The van der Waals surface area contributed by atoms with Crippen LogP contribution in [0, 0.1) is 0 Å². The van der Waals surface area contributed by atoms with Crippen LogP contribution < -0.4 is 16.0 Å². The summed E-state index contributed by atoms with van der Waals surface area (Å²) in [7, 11) is 1.53. The normalized spacial score (nSPS) is 14.0. The molecule has 21 heavy (non-hydrogen) atoms. The van der Waals surface area contributed by atoms with E-state index in [9.17, 15) is 9.59 Å². The van der Waals surface area contributed by atoms with Gasteiger partial charge in [0.15, 0.2) is 0 Å². The molecule has 0 radical (unpaired) electrons. The van der Waals surface area contributed by atoms with Crippen LogP contribution in [0.1, 0.15) is 18.5 Å². The van der Waals surface area contributed by atoms with Gasteiger partial charge in [-0.15, -0.1) is 5.10 Å². The van der Waals surface area contributed by atoms with Crippen molar-refractivity contribution in [2.75, 3.05) is 20.3 Å². The Morgan fingerprint density at radius 1 is 1.48 bits per heavy atom. The lowest BCUT2D eigenvalue weighted by molar-refractivity contribution is -0.120. The number of carbonyl (C=O) groups excluding carboxylic acids is 2. The predicted octanol–water partition coefficient (Wildman–Crippen LogP) is -0.998. The Balaban J connectivity index is 1.67. The molecule has 3 amide bonds. The van der Waals surface area contributed by atoms with E-state index in [0.717, 1.165) is 5.69 Å². The van der Waals surface area contributed by atoms with Crippen molar-refractivity contribution < 1.29 is 14.3 Å². The summed E-state index contributed by atoms with van der Waals surface area (Å²) >= 11 is 0. The molecule has 3 N–H and O–H groups in total. The summed E-state index contributed by atoms with van der Waals surface area (Å²) in [6.45, 7) is 1.33. The fourth-order valence-electron chi connectivity index (χ4n) is 1.66. The molecule has 1 heterocycles. The summed E-state index contributed by atoms with van der Waals surface area (Å²) in [5, 5.41) is 15.8. The SMILES string of the molecule is COCCNC(=O)NC(=O)Cn1cc(CNC2CC2)nn1. The predicted molar refractivity (Wildman–Crippen MR) is 73.3 cm³/mol. The van der Waals surface area contributed by atoms with Gasteiger partial charge in [-0.1, -0.05) is 5.21 Å². The van der Waals surface area contributed by atoms with Crippen LogP contribution in [0.25, 0.3) is 0 Å². The van der Waals surface area contributed by atoms with E-state index >= 15 is 0 Å². The van der Waals surface area contributed by atoms with E-state index in [2.05, 4.69) is 26.3 Å². The van der Waals surface area contributed by atoms with E-state index in [0.29, 0.717) is 25.7 Å². The van der Waals surface area contributed by atoms with Crippen molar-refractivity contribution >= 4 is 11.9 Å². The topological polar surface area (TPSA) is 110 Å². The number of urea groups is 1. The molecule has 0 aromatic carbocycles. The van der Waals surface area contributed by atoms with Gasteiger partial charge >= 0.3 is 6.03 Å². The number of hydrogen-bond acceptors (Lipinski definition) is 6. The third kappa shape index (κ3) is 5.88. The van der Waals surface area contributed by atoms with Gasteiger partial charge in [0.2, 0.25) is 5.91 Å². The van der Waals surface area contributed by atoms with Gasteiger partial charge in [-0.3, -0.25) is 10.1 Å². The molecule has 0 atom stereocenters. The Morgan fingerprint density at radius 3 is 3.00 bits per heavy atom. The highest BCUT2D eigenvalue weighted by molar-refractivity contribution is 5.94. The first-order valence-corrected chi connectivity index (χ1v) is 6.86. The number of nitrogens with one attached hydrogen (secondary N) is 3. The fraction of sp³-hybridized carbons (Fsp3) is 0.667. The van der Waals surface area contributed by atoms with Crippen LogP contribution in [-0.2, 0) is 22.6 Å². The van der Waals surface area contributed by atoms with Gasteiger partial charge < -0.3 is 15.4 Å². The molecule has 0 bridgehead atoms. The number of ether oxygens (including phenoxy) is 1. The van der Waals surface area contributed by atoms with Gasteiger partial charge in [0, 0.05) is 26.2 Å². The number of imide groups is 1. The second-order valence-corrected chi connectivity index (χ2v) is 4.86. The van der Waals surface area contributed by atoms with Crippen molar-refractivity contribution in [1.29, 1.82) is 0 Å². The minimum Gasteiger partial charge on any atom is -0.383 e. The fourth-order valence-corrected chi connectivity index (χ4v) is 1.66. The summed E-state index contributed by atoms with van der Waals surface area (Å²) in [4.78, 5) is 23.0. The molecule has 116 valence electrons. The zero-order chi connectivity index (χ0) is 15.1. The first kappa shape index (κ1) is 15.4. The van der Waals surface area contributed by atoms with Gasteiger partial charge in [0.05, 0.1) is 18.5 Å². The standard InChI is InChI=1S/C12H20N6O3/c1-21-5-4-13-12(20)15-11(19)8-18-7-10(16-17-18)6-14-9-2-3-9/h7,9,14H,2-6,8H2,1H3,(H2,13,15,19,20). The number of amides is 3. The molecule has 1 saturated carbocycles. The minimum absolute atomic E-state index is 0.0475. The maximum atomic E-state index is 11.6. The van der Waals surface area contributed by atoms with Crippen LogP contribution in [0.2, 0.25) is 0 Å². The number of carbonyl (C=O) groups is 2. The van der Waals surface area contributed by atoms with Gasteiger partial charge in [-0.05, 0) is 12.8 Å². The lowest BCUT2D eigenvalue weighted by Crippen LogP contribution is -2.42. The van der Waals surface area contributed by atoms with E-state index < -0.39 is 11.9 Å². The Morgan fingerprint density at radius 2 is 2.29 bits per heavy atom. The van der Waals surface area contributed by atoms with Crippen LogP contribution in [0.5, 0.6) is 0 Å². The zero-order valence-corrected chi connectivity index (χ0v) is 12.0. The highest BCUT2D eigenvalue weighted by atomic mass is 16.5. The lowest BCUT2D eigenvalue weighted by atomic mass is 10.4. The number of methoxy groups -OCH3 is 1. The highest BCUT2D eigenvalue weighted by Gasteiger charge is 2.20. The molecule has 1 aliphatic carbocycles. The molecule has 1 aromatic rings. The molecular formula is C12H20N6O3. The summed E-state index contributed by atoms with van der Waals surface area (Å²) < 4.78 is 6.19. The van der Waals surface area contributed by atoms with Crippen LogP contribution in [0.4, 0.5) is 4.79 Å². The smallest absolute Gasteiger partial charge is 0.321 e. The third-order valence-corrected chi connectivity index (χ3v) is 2.89. The van der Waals surface area contributed by atoms with Crippen molar-refractivity contribution in [2.24, 2.45) is 0 Å². The quantitative estimate of drug-likeness (QED) is 0.531. The Labute approximate surface area is 122 Å². The van der Waals surface area contributed by atoms with Crippen LogP contribution in [0.15, 0.2) is 6.20 Å². The molecule has 0 unspecified atom stereocenters. The molecule has 0 spiro atoms. The minimum atomic E-state index is -0.548. The number of nitrogens with zero attached hydrogens (tertiary/aromatic N) is 3. The third-order valence-electron chi connectivity index (χ3n) is 2.89. The summed E-state index contributed by atoms with van der Waals surface area (Å²) in [5.41, 5.74) is 0.777. The van der Waals surface area contributed by atoms with E-state index in [1.807, 2.05) is 0 Å². The summed E-state index contributed by atoms with van der Waals surface area (Å²) in [6, 6.07) is 0.0435. The first-order valence-electron chi connectivity index (χ1n) is 6.86. The Hall–Kier alpha value is -2.00. The van der Waals surface area contributed by atoms with Gasteiger partial charge in [0.25, 0.3) is 0 Å². The van der Waals surface area contributed by atoms with E-state index in [-0.39, 0.29) is 6.54 Å². The largest absolute Gasteiger partial charge is 0.383 e. The average molecular weight is 296 g/mol. The zero-order valence-electron chi connectivity index (χ0n) is 12.0. The summed E-state index contributed by atoms with van der Waals surface area (Å²) in [5.74, 6) is -0.448. The summed E-state index contributed by atoms with van der Waals surface area (Å²) in [6.07, 6.45) is 4.10. The molecular weight excluding hydrogens is 276 g/mol. The van der Waals surface area contributed by atoms with Crippen molar-refractivity contribution in [3.05, 3.63) is 11.9 Å². The van der Waals surface area contributed by atoms with E-state index in [1.54, 1.807) is 6.20 Å². The van der Waals surface area contributed by atoms with Crippen molar-refractivity contribution in [3.8, 4) is 0 Å². The maximum absolute atomic E-state index is 11.6. The molecule has 0 saturated heterocycles. The van der Waals surface area contributed by atoms with Gasteiger partial charge in [-0.25, -0.2) is 9.48 Å². The van der Waals surface area contributed by atoms with Gasteiger partial charge in [-0.2, -0.15) is 0 Å². The molecule has 1 fully saturated rings. The monoisotopic (exact) mass is 296 g/mol. The highest BCUT2D eigenvalue weighted by Crippen LogP contribution is 2.18. The molecule has 9 nitrogen and oxygen atoms in total. The molecule has 1 aliphatic rings. The van der Waals surface area contributed by atoms with E-state index in [4.69, 9.17) is 4.74 Å². The number of rotatable bonds is 8. The molecule has 0 aliphatic heterocycles. The molecule has 9 heteroatoms. The Kier molecular flexibility index (Phi) is 5.64. The van der Waals surface area contributed by atoms with Crippen molar-refractivity contribution in [3.63, 3.8) is 0 Å². The first-order chi connectivity index (χ1) is 10.2. The van der Waals surface area contributed by atoms with Crippen molar-refractivity contribution in [2.45, 2.75) is 32.0 Å². The second-order valence-electron chi connectivity index (χ2n) is 4.86. The van der Waals surface area contributed by atoms with Crippen LogP contribution in [-0.4, -0.2) is 53.2 Å².